The Bertz CT molecular complexity index is 844. The molecule has 0 fully saturated rings. The molecule has 1 amide bonds. The molecule has 1 heterocycles. The zero-order chi connectivity index (χ0) is 19.3. The van der Waals surface area contributed by atoms with Gasteiger partial charge in [-0.05, 0) is 44.0 Å². The number of aryl methyl sites for hydroxylation is 3. The molecule has 136 valence electrons. The minimum Gasteiger partial charge on any atom is -0.452 e. The fourth-order valence-electron chi connectivity index (χ4n) is 2.65. The average molecular weight is 354 g/mol. The lowest BCUT2D eigenvalue weighted by atomic mass is 10.1. The summed E-state index contributed by atoms with van der Waals surface area (Å²) in [5, 5.41) is 12.9. The van der Waals surface area contributed by atoms with Crippen molar-refractivity contribution in [3.63, 3.8) is 0 Å². The number of nitriles is 1. The number of carbonyl (C=O) groups is 2. The van der Waals surface area contributed by atoms with E-state index in [1.54, 1.807) is 18.7 Å². The number of hydrogen-bond acceptors (Lipinski definition) is 5. The van der Waals surface area contributed by atoms with Crippen LogP contribution in [0.2, 0.25) is 0 Å². The van der Waals surface area contributed by atoms with Crippen LogP contribution in [0.25, 0.3) is 0 Å². The number of carbonyl (C=O) groups excluding carboxylic acids is 2. The van der Waals surface area contributed by atoms with Gasteiger partial charge in [-0.15, -0.1) is 0 Å². The first-order chi connectivity index (χ1) is 12.3. The minimum absolute atomic E-state index is 0.189. The molecule has 2 rings (SSSR count). The number of nitrogens with zero attached hydrogens (tertiary/aromatic N) is 4. The standard InChI is InChI=1S/C19H22N4O3/c1-13-8-14(2)10-16(9-13)23(7-5-6-20)18(24)12-26-19(25)17-11-21-22(4)15(17)3/h8-11H,5,7,12H2,1-4H3. The second kappa shape index (κ2) is 8.30. The van der Waals surface area contributed by atoms with Crippen LogP contribution in [0.1, 0.15) is 33.6 Å². The van der Waals surface area contributed by atoms with E-state index >= 15 is 0 Å². The molecule has 0 aliphatic heterocycles. The Morgan fingerprint density at radius 3 is 2.42 bits per heavy atom. The molecule has 0 unspecified atom stereocenters. The number of aromatic nitrogens is 2. The van der Waals surface area contributed by atoms with Gasteiger partial charge >= 0.3 is 5.97 Å². The molecule has 1 aromatic heterocycles. The van der Waals surface area contributed by atoms with Crippen molar-refractivity contribution in [3.05, 3.63) is 46.8 Å². The molecule has 0 aliphatic carbocycles. The third-order valence-corrected chi connectivity index (χ3v) is 4.05. The van der Waals surface area contributed by atoms with Gasteiger partial charge in [0.1, 0.15) is 5.56 Å². The number of rotatable bonds is 6. The second-order valence-electron chi connectivity index (χ2n) is 6.14. The first-order valence-corrected chi connectivity index (χ1v) is 8.24. The Hall–Kier alpha value is -3.14. The smallest absolute Gasteiger partial charge is 0.342 e. The molecule has 7 heteroatoms. The maximum absolute atomic E-state index is 12.6. The molecule has 0 saturated carbocycles. The van der Waals surface area contributed by atoms with Gasteiger partial charge in [-0.1, -0.05) is 6.07 Å². The molecule has 1 aromatic carbocycles. The molecule has 0 bridgehead atoms. The van der Waals surface area contributed by atoms with Crippen molar-refractivity contribution in [2.24, 2.45) is 7.05 Å². The highest BCUT2D eigenvalue weighted by Crippen LogP contribution is 2.19. The van der Waals surface area contributed by atoms with Crippen molar-refractivity contribution in [1.82, 2.24) is 9.78 Å². The first-order valence-electron chi connectivity index (χ1n) is 8.24. The van der Waals surface area contributed by atoms with Crippen molar-refractivity contribution in [2.75, 3.05) is 18.1 Å². The van der Waals surface area contributed by atoms with Gasteiger partial charge in [-0.3, -0.25) is 9.48 Å². The monoisotopic (exact) mass is 354 g/mol. The van der Waals surface area contributed by atoms with E-state index in [9.17, 15) is 9.59 Å². The maximum Gasteiger partial charge on any atom is 0.342 e. The highest BCUT2D eigenvalue weighted by atomic mass is 16.5. The normalized spacial score (nSPS) is 10.3. The summed E-state index contributed by atoms with van der Waals surface area (Å²) in [6.07, 6.45) is 1.61. The first kappa shape index (κ1) is 19.2. The van der Waals surface area contributed by atoms with Gasteiger partial charge in [0, 0.05) is 25.0 Å². The fourth-order valence-corrected chi connectivity index (χ4v) is 2.65. The molecule has 0 spiro atoms. The topological polar surface area (TPSA) is 88.2 Å². The van der Waals surface area contributed by atoms with Gasteiger partial charge in [-0.2, -0.15) is 10.4 Å². The van der Waals surface area contributed by atoms with Crippen molar-refractivity contribution in [1.29, 1.82) is 5.26 Å². The number of hydrogen-bond donors (Lipinski definition) is 0. The van der Waals surface area contributed by atoms with E-state index in [1.165, 1.54) is 11.1 Å². The maximum atomic E-state index is 12.6. The minimum atomic E-state index is -0.593. The lowest BCUT2D eigenvalue weighted by molar-refractivity contribution is -0.121. The molecule has 0 radical (unpaired) electrons. The van der Waals surface area contributed by atoms with Crippen LogP contribution in [0, 0.1) is 32.1 Å². The number of ether oxygens (including phenoxy) is 1. The highest BCUT2D eigenvalue weighted by Gasteiger charge is 2.20. The third kappa shape index (κ3) is 4.48. The van der Waals surface area contributed by atoms with E-state index in [1.807, 2.05) is 38.1 Å². The molecule has 0 N–H and O–H groups in total. The SMILES string of the molecule is Cc1cc(C)cc(N(CCC#N)C(=O)COC(=O)c2cnn(C)c2C)c1. The number of anilines is 1. The summed E-state index contributed by atoms with van der Waals surface area (Å²) in [4.78, 5) is 26.3. The number of benzene rings is 1. The van der Waals surface area contributed by atoms with Crippen LogP contribution in [0.15, 0.2) is 24.4 Å². The molecule has 26 heavy (non-hydrogen) atoms. The summed E-state index contributed by atoms with van der Waals surface area (Å²) in [6.45, 7) is 5.47. The molecular weight excluding hydrogens is 332 g/mol. The molecule has 2 aromatic rings. The largest absolute Gasteiger partial charge is 0.452 e. The molecule has 0 atom stereocenters. The van der Waals surface area contributed by atoms with Gasteiger partial charge in [0.15, 0.2) is 6.61 Å². The van der Waals surface area contributed by atoms with E-state index < -0.39 is 12.6 Å². The van der Waals surface area contributed by atoms with Crippen LogP contribution in [-0.2, 0) is 16.6 Å². The zero-order valence-electron chi connectivity index (χ0n) is 15.4. The van der Waals surface area contributed by atoms with E-state index in [4.69, 9.17) is 10.00 Å². The lowest BCUT2D eigenvalue weighted by Gasteiger charge is -2.22. The molecule has 7 nitrogen and oxygen atoms in total. The van der Waals surface area contributed by atoms with E-state index in [0.717, 1.165) is 11.1 Å². The lowest BCUT2D eigenvalue weighted by Crippen LogP contribution is -2.35. The van der Waals surface area contributed by atoms with Gasteiger partial charge < -0.3 is 9.64 Å². The van der Waals surface area contributed by atoms with Gasteiger partial charge in [0.05, 0.1) is 18.7 Å². The van der Waals surface area contributed by atoms with Gasteiger partial charge in [0.2, 0.25) is 0 Å². The third-order valence-electron chi connectivity index (χ3n) is 4.05. The summed E-state index contributed by atoms with van der Waals surface area (Å²) < 4.78 is 6.72. The number of esters is 1. The van der Waals surface area contributed by atoms with Crippen LogP contribution in [0.5, 0.6) is 0 Å². The Balaban J connectivity index is 2.13. The van der Waals surface area contributed by atoms with Crippen molar-refractivity contribution < 1.29 is 14.3 Å². The predicted molar refractivity (Wildman–Crippen MR) is 96.7 cm³/mol. The summed E-state index contributed by atoms with van der Waals surface area (Å²) >= 11 is 0. The highest BCUT2D eigenvalue weighted by molar-refractivity contribution is 5.97. The second-order valence-corrected chi connectivity index (χ2v) is 6.14. The fraction of sp³-hybridized carbons (Fsp3) is 0.368. The van der Waals surface area contributed by atoms with E-state index in [0.29, 0.717) is 16.9 Å². The van der Waals surface area contributed by atoms with Crippen LogP contribution < -0.4 is 4.90 Å². The van der Waals surface area contributed by atoms with Crippen molar-refractivity contribution >= 4 is 17.6 Å². The predicted octanol–water partition coefficient (Wildman–Crippen LogP) is 2.45. The van der Waals surface area contributed by atoms with E-state index in [-0.39, 0.29) is 18.9 Å². The Morgan fingerprint density at radius 2 is 1.88 bits per heavy atom. The molecular formula is C19H22N4O3. The molecule has 0 aliphatic rings. The Labute approximate surface area is 152 Å². The summed E-state index contributed by atoms with van der Waals surface area (Å²) in [5.41, 5.74) is 3.71. The Morgan fingerprint density at radius 1 is 1.23 bits per heavy atom. The van der Waals surface area contributed by atoms with Crippen LogP contribution in [-0.4, -0.2) is 34.8 Å². The van der Waals surface area contributed by atoms with Gasteiger partial charge in [0.25, 0.3) is 5.91 Å². The summed E-state index contributed by atoms with van der Waals surface area (Å²) in [5.74, 6) is -0.968. The summed E-state index contributed by atoms with van der Waals surface area (Å²) in [6, 6.07) is 7.78. The van der Waals surface area contributed by atoms with Crippen molar-refractivity contribution in [2.45, 2.75) is 27.2 Å². The van der Waals surface area contributed by atoms with Crippen LogP contribution >= 0.6 is 0 Å². The summed E-state index contributed by atoms with van der Waals surface area (Å²) in [7, 11) is 1.72. The average Bonchev–Trinajstić information content (AvgIpc) is 2.91. The van der Waals surface area contributed by atoms with E-state index in [2.05, 4.69) is 5.10 Å². The zero-order valence-corrected chi connectivity index (χ0v) is 15.4. The van der Waals surface area contributed by atoms with Crippen LogP contribution in [0.4, 0.5) is 5.69 Å². The number of amides is 1. The van der Waals surface area contributed by atoms with Gasteiger partial charge in [-0.25, -0.2) is 4.79 Å². The molecule has 0 saturated heterocycles. The van der Waals surface area contributed by atoms with Crippen molar-refractivity contribution in [3.8, 4) is 6.07 Å². The van der Waals surface area contributed by atoms with Crippen LogP contribution in [0.3, 0.4) is 0 Å². The quantitative estimate of drug-likeness (QED) is 0.744. The Kier molecular flexibility index (Phi) is 6.12.